The van der Waals surface area contributed by atoms with E-state index in [-0.39, 0.29) is 0 Å². The zero-order valence-corrected chi connectivity index (χ0v) is 10.7. The average Bonchev–Trinajstić information content (AvgIpc) is 3.04. The first kappa shape index (κ1) is 9.85. The molecule has 0 aromatic carbocycles. The number of anilines is 1. The van der Waals surface area contributed by atoms with E-state index >= 15 is 0 Å². The third kappa shape index (κ3) is 1.40. The highest BCUT2D eigenvalue weighted by molar-refractivity contribution is 9.10. The fraction of sp³-hybridized carbons (Fsp3) is 0.455. The monoisotopic (exact) mass is 294 g/mol. The van der Waals surface area contributed by atoms with E-state index in [1.807, 2.05) is 16.6 Å². The van der Waals surface area contributed by atoms with Crippen molar-refractivity contribution in [3.8, 4) is 0 Å². The number of nitrogens with zero attached hydrogens (tertiary/aromatic N) is 4. The molecule has 2 saturated heterocycles. The molecule has 0 N–H and O–H groups in total. The highest BCUT2D eigenvalue weighted by Gasteiger charge is 2.39. The molecule has 0 saturated carbocycles. The van der Waals surface area contributed by atoms with Gasteiger partial charge in [0, 0.05) is 6.54 Å². The van der Waals surface area contributed by atoms with Crippen LogP contribution in [0.25, 0.3) is 5.65 Å². The minimum absolute atomic E-state index is 0.392. The van der Waals surface area contributed by atoms with Crippen molar-refractivity contribution < 1.29 is 4.74 Å². The van der Waals surface area contributed by atoms with Gasteiger partial charge in [0.2, 0.25) is 0 Å². The Morgan fingerprint density at radius 1 is 1.41 bits per heavy atom. The van der Waals surface area contributed by atoms with E-state index < -0.39 is 0 Å². The van der Waals surface area contributed by atoms with E-state index in [1.165, 1.54) is 0 Å². The molecule has 2 atom stereocenters. The summed E-state index contributed by atoms with van der Waals surface area (Å²) in [7, 11) is 0. The van der Waals surface area contributed by atoms with Crippen molar-refractivity contribution in [2.24, 2.45) is 0 Å². The van der Waals surface area contributed by atoms with Gasteiger partial charge in [0.25, 0.3) is 0 Å². The molecular formula is C11H11BrN4O. The molecule has 0 unspecified atom stereocenters. The molecule has 0 amide bonds. The second kappa shape index (κ2) is 3.43. The smallest absolute Gasteiger partial charge is 0.154 e. The summed E-state index contributed by atoms with van der Waals surface area (Å²) in [6.45, 7) is 1.78. The van der Waals surface area contributed by atoms with E-state index in [0.29, 0.717) is 12.1 Å². The van der Waals surface area contributed by atoms with Crippen LogP contribution in [-0.2, 0) is 4.74 Å². The molecule has 0 radical (unpaired) electrons. The molecular weight excluding hydrogens is 284 g/mol. The molecule has 2 aliphatic rings. The quantitative estimate of drug-likeness (QED) is 0.799. The Labute approximate surface area is 107 Å². The van der Waals surface area contributed by atoms with Crippen LogP contribution in [0.4, 0.5) is 5.82 Å². The van der Waals surface area contributed by atoms with Crippen LogP contribution in [0.5, 0.6) is 0 Å². The number of hydrogen-bond donors (Lipinski definition) is 0. The van der Waals surface area contributed by atoms with Gasteiger partial charge in [-0.05, 0) is 34.5 Å². The number of morpholine rings is 1. The molecule has 2 bridgehead atoms. The number of ether oxygens (including phenoxy) is 1. The van der Waals surface area contributed by atoms with Gasteiger partial charge in [-0.1, -0.05) is 0 Å². The van der Waals surface area contributed by atoms with Crippen LogP contribution in [0.15, 0.2) is 22.9 Å². The van der Waals surface area contributed by atoms with E-state index in [9.17, 15) is 0 Å². The molecule has 2 aromatic heterocycles. The second-order valence-corrected chi connectivity index (χ2v) is 5.35. The second-order valence-electron chi connectivity index (χ2n) is 4.54. The fourth-order valence-corrected chi connectivity index (χ4v) is 3.03. The standard InChI is InChI=1S/C11H11BrN4O/c12-9-4-13-10-1-2-11(14-16(9)10)15-5-8-3-7(15)6-17-8/h1-2,4,7-8H,3,5-6H2/t7-,8-/m0/s1. The van der Waals surface area contributed by atoms with E-state index in [4.69, 9.17) is 4.74 Å². The fourth-order valence-electron chi connectivity index (χ4n) is 2.67. The van der Waals surface area contributed by atoms with Gasteiger partial charge in [0.15, 0.2) is 5.65 Å². The Bertz CT molecular complexity index is 584. The lowest BCUT2D eigenvalue weighted by atomic mass is 10.2. The van der Waals surface area contributed by atoms with Crippen LogP contribution >= 0.6 is 15.9 Å². The SMILES string of the molecule is Brc1cnc2ccc(N3C[C@@H]4C[C@H]3CO4)nn12. The molecule has 2 fully saturated rings. The largest absolute Gasteiger partial charge is 0.374 e. The van der Waals surface area contributed by atoms with E-state index in [0.717, 1.165) is 35.6 Å². The van der Waals surface area contributed by atoms with Gasteiger partial charge in [-0.25, -0.2) is 9.50 Å². The summed E-state index contributed by atoms with van der Waals surface area (Å²) < 4.78 is 8.31. The summed E-state index contributed by atoms with van der Waals surface area (Å²) in [6, 6.07) is 4.53. The first-order valence-electron chi connectivity index (χ1n) is 5.70. The third-order valence-electron chi connectivity index (χ3n) is 3.50. The molecule has 17 heavy (non-hydrogen) atoms. The molecule has 0 aliphatic carbocycles. The molecule has 4 heterocycles. The average molecular weight is 295 g/mol. The van der Waals surface area contributed by atoms with Crippen molar-refractivity contribution in [2.45, 2.75) is 18.6 Å². The molecule has 2 aromatic rings. The Balaban J connectivity index is 1.78. The molecule has 2 aliphatic heterocycles. The number of halogens is 1. The Morgan fingerprint density at radius 3 is 3.12 bits per heavy atom. The number of fused-ring (bicyclic) bond motifs is 3. The van der Waals surface area contributed by atoms with Crippen molar-refractivity contribution in [1.29, 1.82) is 0 Å². The van der Waals surface area contributed by atoms with Crippen molar-refractivity contribution >= 4 is 27.4 Å². The summed E-state index contributed by atoms with van der Waals surface area (Å²) in [4.78, 5) is 6.58. The first-order valence-corrected chi connectivity index (χ1v) is 6.49. The summed E-state index contributed by atoms with van der Waals surface area (Å²) in [6.07, 6.45) is 3.29. The number of rotatable bonds is 1. The molecule has 4 rings (SSSR count). The van der Waals surface area contributed by atoms with Crippen LogP contribution in [0, 0.1) is 0 Å². The molecule has 88 valence electrons. The maximum atomic E-state index is 5.60. The summed E-state index contributed by atoms with van der Waals surface area (Å²) in [5.41, 5.74) is 0.862. The first-order chi connectivity index (χ1) is 8.31. The maximum Gasteiger partial charge on any atom is 0.154 e. The zero-order valence-electron chi connectivity index (χ0n) is 9.08. The van der Waals surface area contributed by atoms with Crippen LogP contribution in [-0.4, -0.2) is 39.9 Å². The Kier molecular flexibility index (Phi) is 1.99. The van der Waals surface area contributed by atoms with Gasteiger partial charge in [0.1, 0.15) is 10.4 Å². The molecule has 5 nitrogen and oxygen atoms in total. The Hall–Kier alpha value is -1.14. The van der Waals surface area contributed by atoms with Crippen LogP contribution in [0.1, 0.15) is 6.42 Å². The van der Waals surface area contributed by atoms with Gasteiger partial charge in [-0.15, -0.1) is 5.10 Å². The lowest BCUT2D eigenvalue weighted by Crippen LogP contribution is -2.37. The van der Waals surface area contributed by atoms with Gasteiger partial charge >= 0.3 is 0 Å². The molecule has 6 heteroatoms. The van der Waals surface area contributed by atoms with Gasteiger partial charge in [-0.2, -0.15) is 0 Å². The van der Waals surface area contributed by atoms with Gasteiger partial charge in [0.05, 0.1) is 24.9 Å². The third-order valence-corrected chi connectivity index (χ3v) is 4.04. The van der Waals surface area contributed by atoms with Crippen molar-refractivity contribution in [3.63, 3.8) is 0 Å². The number of imidazole rings is 1. The predicted octanol–water partition coefficient (Wildman–Crippen LogP) is 1.47. The lowest BCUT2D eigenvalue weighted by molar-refractivity contribution is 0.0988. The van der Waals surface area contributed by atoms with Crippen molar-refractivity contribution in [1.82, 2.24) is 14.6 Å². The van der Waals surface area contributed by atoms with E-state index in [2.05, 4.69) is 30.9 Å². The molecule has 0 spiro atoms. The van der Waals surface area contributed by atoms with Crippen molar-refractivity contribution in [2.75, 3.05) is 18.1 Å². The van der Waals surface area contributed by atoms with Crippen LogP contribution in [0.3, 0.4) is 0 Å². The topological polar surface area (TPSA) is 42.7 Å². The summed E-state index contributed by atoms with van der Waals surface area (Å²) in [5.74, 6) is 1.01. The minimum atomic E-state index is 0.392. The highest BCUT2D eigenvalue weighted by Crippen LogP contribution is 2.31. The Morgan fingerprint density at radius 2 is 2.35 bits per heavy atom. The number of aromatic nitrogens is 3. The zero-order chi connectivity index (χ0) is 11.4. The summed E-state index contributed by atoms with van der Waals surface area (Å²) in [5, 5.41) is 4.61. The van der Waals surface area contributed by atoms with Gasteiger partial charge in [-0.3, -0.25) is 0 Å². The lowest BCUT2D eigenvalue weighted by Gasteiger charge is -2.27. The van der Waals surface area contributed by atoms with Crippen molar-refractivity contribution in [3.05, 3.63) is 22.9 Å². The normalized spacial score (nSPS) is 27.2. The minimum Gasteiger partial charge on any atom is -0.374 e. The highest BCUT2D eigenvalue weighted by atomic mass is 79.9. The van der Waals surface area contributed by atoms with Crippen LogP contribution < -0.4 is 4.90 Å². The van der Waals surface area contributed by atoms with E-state index in [1.54, 1.807) is 6.20 Å². The number of hydrogen-bond acceptors (Lipinski definition) is 4. The van der Waals surface area contributed by atoms with Gasteiger partial charge < -0.3 is 9.64 Å². The summed E-state index contributed by atoms with van der Waals surface area (Å²) >= 11 is 3.45. The van der Waals surface area contributed by atoms with Crippen LogP contribution in [0.2, 0.25) is 0 Å². The predicted molar refractivity (Wildman–Crippen MR) is 66.2 cm³/mol. The maximum absolute atomic E-state index is 5.60.